The van der Waals surface area contributed by atoms with Crippen molar-refractivity contribution in [3.63, 3.8) is 0 Å². The normalized spacial score (nSPS) is 19.4. The predicted molar refractivity (Wildman–Crippen MR) is 97.4 cm³/mol. The van der Waals surface area contributed by atoms with Crippen LogP contribution in [-0.2, 0) is 24.0 Å². The summed E-state index contributed by atoms with van der Waals surface area (Å²) in [5.74, 6) is -5.34. The van der Waals surface area contributed by atoms with E-state index >= 15 is 0 Å². The summed E-state index contributed by atoms with van der Waals surface area (Å²) >= 11 is 3.93. The van der Waals surface area contributed by atoms with E-state index < -0.39 is 66.9 Å². The van der Waals surface area contributed by atoms with Gasteiger partial charge in [-0.05, 0) is 12.8 Å². The Balaban J connectivity index is 2.90. The molecule has 12 nitrogen and oxygen atoms in total. The Hall–Kier alpha value is -2.38. The van der Waals surface area contributed by atoms with Gasteiger partial charge in [0.1, 0.15) is 24.2 Å². The summed E-state index contributed by atoms with van der Waals surface area (Å²) in [6.45, 7) is -0.529. The lowest BCUT2D eigenvalue weighted by molar-refractivity contribution is -0.150. The number of thiol groups is 1. The van der Waals surface area contributed by atoms with Crippen molar-refractivity contribution < 1.29 is 39.3 Å². The Morgan fingerprint density at radius 2 is 1.71 bits per heavy atom. The van der Waals surface area contributed by atoms with Crippen molar-refractivity contribution in [2.24, 2.45) is 5.73 Å². The van der Waals surface area contributed by atoms with Crippen LogP contribution < -0.4 is 16.4 Å². The van der Waals surface area contributed by atoms with E-state index in [1.54, 1.807) is 0 Å². The maximum absolute atomic E-state index is 12.6. The van der Waals surface area contributed by atoms with Crippen LogP contribution in [0.2, 0.25) is 0 Å². The molecule has 7 N–H and O–H groups in total. The first-order chi connectivity index (χ1) is 13.1. The number of carbonyl (C=O) groups excluding carboxylic acids is 3. The molecular formula is C15H24N4O8S. The second-order valence-electron chi connectivity index (χ2n) is 6.22. The number of aliphatic hydroxyl groups is 1. The molecule has 1 aliphatic heterocycles. The minimum absolute atomic E-state index is 0.125. The third-order valence-electron chi connectivity index (χ3n) is 4.16. The maximum Gasteiger partial charge on any atom is 0.326 e. The van der Waals surface area contributed by atoms with Crippen molar-refractivity contribution in [2.75, 3.05) is 18.9 Å². The molecule has 0 aromatic carbocycles. The highest BCUT2D eigenvalue weighted by molar-refractivity contribution is 7.80. The Bertz CT molecular complexity index is 631. The Morgan fingerprint density at radius 3 is 2.21 bits per heavy atom. The molecule has 1 fully saturated rings. The minimum Gasteiger partial charge on any atom is -0.481 e. The van der Waals surface area contributed by atoms with Gasteiger partial charge in [0.2, 0.25) is 17.7 Å². The highest BCUT2D eigenvalue weighted by Gasteiger charge is 2.39. The predicted octanol–water partition coefficient (Wildman–Crippen LogP) is -3.24. The fraction of sp³-hybridized carbons (Fsp3) is 0.667. The van der Waals surface area contributed by atoms with Gasteiger partial charge in [-0.2, -0.15) is 12.6 Å². The topological polar surface area (TPSA) is 199 Å². The largest absolute Gasteiger partial charge is 0.481 e. The number of hydrogen-bond donors (Lipinski definition) is 7. The van der Waals surface area contributed by atoms with E-state index in [-0.39, 0.29) is 18.7 Å². The van der Waals surface area contributed by atoms with Crippen molar-refractivity contribution in [1.29, 1.82) is 0 Å². The number of carbonyl (C=O) groups is 5. The summed E-state index contributed by atoms with van der Waals surface area (Å²) in [7, 11) is 0. The molecule has 1 saturated heterocycles. The molecule has 1 aliphatic rings. The van der Waals surface area contributed by atoms with Crippen LogP contribution in [0, 0.1) is 0 Å². The molecule has 0 aromatic heterocycles. The first-order valence-electron chi connectivity index (χ1n) is 8.45. The molecule has 0 spiro atoms. The molecule has 13 heteroatoms. The van der Waals surface area contributed by atoms with Gasteiger partial charge in [-0.3, -0.25) is 19.2 Å². The van der Waals surface area contributed by atoms with Crippen LogP contribution in [-0.4, -0.2) is 93.0 Å². The fourth-order valence-electron chi connectivity index (χ4n) is 2.69. The molecule has 0 bridgehead atoms. The lowest BCUT2D eigenvalue weighted by Crippen LogP contribution is -2.58. The van der Waals surface area contributed by atoms with Crippen LogP contribution >= 0.6 is 12.6 Å². The first-order valence-corrected chi connectivity index (χ1v) is 9.08. The van der Waals surface area contributed by atoms with Crippen molar-refractivity contribution in [2.45, 2.75) is 43.4 Å². The third-order valence-corrected chi connectivity index (χ3v) is 4.53. The molecule has 3 amide bonds. The van der Waals surface area contributed by atoms with E-state index in [1.807, 2.05) is 0 Å². The zero-order valence-corrected chi connectivity index (χ0v) is 15.8. The van der Waals surface area contributed by atoms with Crippen LogP contribution in [0.25, 0.3) is 0 Å². The number of likely N-dealkylation sites (tertiary alicyclic amines) is 1. The molecule has 0 aliphatic carbocycles. The molecule has 1 heterocycles. The number of nitrogens with zero attached hydrogens (tertiary/aromatic N) is 1. The lowest BCUT2D eigenvalue weighted by atomic mass is 10.1. The van der Waals surface area contributed by atoms with Gasteiger partial charge in [-0.1, -0.05) is 0 Å². The van der Waals surface area contributed by atoms with Crippen LogP contribution in [0.4, 0.5) is 0 Å². The average molecular weight is 420 g/mol. The van der Waals surface area contributed by atoms with Crippen molar-refractivity contribution >= 4 is 42.3 Å². The molecule has 28 heavy (non-hydrogen) atoms. The van der Waals surface area contributed by atoms with Gasteiger partial charge in [-0.25, -0.2) is 4.79 Å². The number of nitrogens with two attached hydrogens (primary N) is 1. The van der Waals surface area contributed by atoms with E-state index in [0.717, 1.165) is 4.90 Å². The van der Waals surface area contributed by atoms with Crippen LogP contribution in [0.15, 0.2) is 0 Å². The highest BCUT2D eigenvalue weighted by Crippen LogP contribution is 2.19. The first kappa shape index (κ1) is 23.7. The second kappa shape index (κ2) is 10.8. The van der Waals surface area contributed by atoms with Gasteiger partial charge in [0.05, 0.1) is 13.0 Å². The Labute approximate surface area is 165 Å². The smallest absolute Gasteiger partial charge is 0.326 e. The summed E-state index contributed by atoms with van der Waals surface area (Å²) < 4.78 is 0. The number of hydrogen-bond acceptors (Lipinski definition) is 8. The second-order valence-corrected chi connectivity index (χ2v) is 6.58. The van der Waals surface area contributed by atoms with Crippen LogP contribution in [0.1, 0.15) is 19.3 Å². The fourth-order valence-corrected chi connectivity index (χ4v) is 2.95. The number of carboxylic acid groups (broad SMARTS) is 2. The zero-order chi connectivity index (χ0) is 21.4. The molecule has 4 unspecified atom stereocenters. The zero-order valence-electron chi connectivity index (χ0n) is 14.9. The molecular weight excluding hydrogens is 396 g/mol. The van der Waals surface area contributed by atoms with E-state index in [2.05, 4.69) is 23.3 Å². The molecule has 0 saturated carbocycles. The van der Waals surface area contributed by atoms with Crippen molar-refractivity contribution in [3.8, 4) is 0 Å². The summed E-state index contributed by atoms with van der Waals surface area (Å²) in [4.78, 5) is 60.1. The maximum atomic E-state index is 12.6. The summed E-state index contributed by atoms with van der Waals surface area (Å²) in [6, 6.07) is -5.13. The standard InChI is InChI=1S/C15H24N4O8S/c16-7(5-20)12(23)18-9(6-28)13(24)17-8(4-11(21)22)14(25)19-3-1-2-10(19)15(26)27/h7-10,20,28H,1-6,16H2,(H,17,24)(H,18,23)(H,21,22)(H,26,27). The Morgan fingerprint density at radius 1 is 1.11 bits per heavy atom. The lowest BCUT2D eigenvalue weighted by Gasteiger charge is -2.28. The number of nitrogens with one attached hydrogen (secondary N) is 2. The number of aliphatic hydroxyl groups excluding tert-OH is 1. The summed E-state index contributed by atoms with van der Waals surface area (Å²) in [5, 5.41) is 31.6. The summed E-state index contributed by atoms with van der Waals surface area (Å²) in [5.41, 5.74) is 5.35. The number of amides is 3. The van der Waals surface area contributed by atoms with Crippen molar-refractivity contribution in [3.05, 3.63) is 0 Å². The van der Waals surface area contributed by atoms with E-state index in [0.29, 0.717) is 6.42 Å². The van der Waals surface area contributed by atoms with Gasteiger partial charge >= 0.3 is 11.9 Å². The van der Waals surface area contributed by atoms with Crippen LogP contribution in [0.3, 0.4) is 0 Å². The van der Waals surface area contributed by atoms with Gasteiger partial charge in [-0.15, -0.1) is 0 Å². The Kier molecular flexibility index (Phi) is 9.15. The molecule has 0 radical (unpaired) electrons. The van der Waals surface area contributed by atoms with E-state index in [4.69, 9.17) is 15.9 Å². The van der Waals surface area contributed by atoms with Gasteiger partial charge in [0, 0.05) is 12.3 Å². The van der Waals surface area contributed by atoms with Gasteiger partial charge < -0.3 is 36.6 Å². The number of carboxylic acids is 2. The number of aliphatic carboxylic acids is 2. The SMILES string of the molecule is NC(CO)C(=O)NC(CS)C(=O)NC(CC(=O)O)C(=O)N1CCCC1C(=O)O. The molecule has 158 valence electrons. The quantitative estimate of drug-likeness (QED) is 0.177. The monoisotopic (exact) mass is 420 g/mol. The van der Waals surface area contributed by atoms with Crippen LogP contribution in [0.5, 0.6) is 0 Å². The highest BCUT2D eigenvalue weighted by atomic mass is 32.1. The average Bonchev–Trinajstić information content (AvgIpc) is 3.13. The molecule has 4 atom stereocenters. The minimum atomic E-state index is -1.52. The molecule has 1 rings (SSSR count). The summed E-state index contributed by atoms with van der Waals surface area (Å²) in [6.07, 6.45) is -0.106. The van der Waals surface area contributed by atoms with Gasteiger partial charge in [0.25, 0.3) is 0 Å². The third kappa shape index (κ3) is 6.35. The number of rotatable bonds is 10. The van der Waals surface area contributed by atoms with E-state index in [1.165, 1.54) is 0 Å². The van der Waals surface area contributed by atoms with Crippen molar-refractivity contribution in [1.82, 2.24) is 15.5 Å². The van der Waals surface area contributed by atoms with E-state index in [9.17, 15) is 29.1 Å². The van der Waals surface area contributed by atoms with Gasteiger partial charge in [0.15, 0.2) is 0 Å². The molecule has 0 aromatic rings.